The Morgan fingerprint density at radius 2 is 2.07 bits per heavy atom. The van der Waals surface area contributed by atoms with Gasteiger partial charge in [-0.05, 0) is 36.6 Å². The Kier molecular flexibility index (Phi) is 5.39. The first-order valence-corrected chi connectivity index (χ1v) is 10.2. The first-order chi connectivity index (χ1) is 14.0. The van der Waals surface area contributed by atoms with Gasteiger partial charge in [-0.1, -0.05) is 0 Å². The van der Waals surface area contributed by atoms with Crippen LogP contribution in [-0.2, 0) is 32.0 Å². The maximum Gasteiger partial charge on any atom is 0.312 e. The minimum absolute atomic E-state index is 0.0372. The summed E-state index contributed by atoms with van der Waals surface area (Å²) in [7, 11) is 0. The normalized spacial score (nSPS) is 15.8. The van der Waals surface area contributed by atoms with Crippen molar-refractivity contribution in [3.05, 3.63) is 40.4 Å². The summed E-state index contributed by atoms with van der Waals surface area (Å²) in [5.74, 6) is -0.846. The second-order valence-corrected chi connectivity index (χ2v) is 7.79. The molecule has 1 aromatic carbocycles. The van der Waals surface area contributed by atoms with Crippen molar-refractivity contribution in [1.29, 1.82) is 0 Å². The molecule has 29 heavy (non-hydrogen) atoms. The highest BCUT2D eigenvalue weighted by atomic mass is 32.1. The Morgan fingerprint density at radius 3 is 2.86 bits per heavy atom. The summed E-state index contributed by atoms with van der Waals surface area (Å²) in [4.78, 5) is 53.5. The van der Waals surface area contributed by atoms with Gasteiger partial charge in [0.2, 0.25) is 11.8 Å². The van der Waals surface area contributed by atoms with Crippen LogP contribution in [0.2, 0.25) is 0 Å². The van der Waals surface area contributed by atoms with E-state index in [1.54, 1.807) is 28.5 Å². The van der Waals surface area contributed by atoms with Gasteiger partial charge in [0.1, 0.15) is 0 Å². The summed E-state index contributed by atoms with van der Waals surface area (Å²) in [5, 5.41) is 5.08. The lowest BCUT2D eigenvalue weighted by molar-refractivity contribution is -0.141. The standard InChI is InChI=1S/C20H19N3O5S/c24-16(13-3-5-15-12(8-13)4-6-17(25)22-15)10-28-19(27)9-14-11-29-20(21-14)23-7-1-2-18(23)26/h3,5,8,11H,1-2,4,6-7,9-10H2,(H,22,25). The highest BCUT2D eigenvalue weighted by Gasteiger charge is 2.24. The third kappa shape index (κ3) is 4.34. The Labute approximate surface area is 170 Å². The van der Waals surface area contributed by atoms with E-state index in [9.17, 15) is 19.2 Å². The van der Waals surface area contributed by atoms with Crippen molar-refractivity contribution in [2.45, 2.75) is 32.1 Å². The zero-order chi connectivity index (χ0) is 20.4. The van der Waals surface area contributed by atoms with Crippen molar-refractivity contribution >= 4 is 45.7 Å². The molecular formula is C20H19N3O5S. The van der Waals surface area contributed by atoms with Gasteiger partial charge in [-0.3, -0.25) is 24.1 Å². The summed E-state index contributed by atoms with van der Waals surface area (Å²) in [6.07, 6.45) is 2.25. The van der Waals surface area contributed by atoms with Crippen molar-refractivity contribution in [1.82, 2.24) is 4.98 Å². The number of carbonyl (C=O) groups is 4. The van der Waals surface area contributed by atoms with Gasteiger partial charge in [-0.2, -0.15) is 0 Å². The van der Waals surface area contributed by atoms with Gasteiger partial charge in [-0.15, -0.1) is 11.3 Å². The summed E-state index contributed by atoms with van der Waals surface area (Å²) in [6, 6.07) is 5.03. The molecule has 1 N–H and O–H groups in total. The van der Waals surface area contributed by atoms with E-state index >= 15 is 0 Å². The molecule has 3 heterocycles. The summed E-state index contributed by atoms with van der Waals surface area (Å²) in [6.45, 7) is 0.292. The van der Waals surface area contributed by atoms with Gasteiger partial charge in [-0.25, -0.2) is 4.98 Å². The molecule has 0 spiro atoms. The predicted molar refractivity (Wildman–Crippen MR) is 106 cm³/mol. The fourth-order valence-corrected chi connectivity index (χ4v) is 4.20. The summed E-state index contributed by atoms with van der Waals surface area (Å²) >= 11 is 1.32. The lowest BCUT2D eigenvalue weighted by atomic mass is 9.99. The predicted octanol–water partition coefficient (Wildman–Crippen LogP) is 2.12. The number of aryl methyl sites for hydroxylation is 1. The van der Waals surface area contributed by atoms with Crippen molar-refractivity contribution < 1.29 is 23.9 Å². The van der Waals surface area contributed by atoms with E-state index in [4.69, 9.17) is 4.74 Å². The smallest absolute Gasteiger partial charge is 0.312 e. The number of anilines is 2. The van der Waals surface area contributed by atoms with Crippen LogP contribution < -0.4 is 10.2 Å². The molecule has 9 heteroatoms. The molecule has 0 radical (unpaired) electrons. The number of hydrogen-bond donors (Lipinski definition) is 1. The molecule has 0 saturated carbocycles. The second-order valence-electron chi connectivity index (χ2n) is 6.95. The maximum atomic E-state index is 12.3. The average Bonchev–Trinajstić information content (AvgIpc) is 3.34. The zero-order valence-corrected chi connectivity index (χ0v) is 16.4. The lowest BCUT2D eigenvalue weighted by Crippen LogP contribution is -2.23. The van der Waals surface area contributed by atoms with E-state index in [0.29, 0.717) is 47.9 Å². The van der Waals surface area contributed by atoms with Gasteiger partial charge in [0, 0.05) is 36.0 Å². The SMILES string of the molecule is O=C1CCc2cc(C(=O)COC(=O)Cc3csc(N4CCCC4=O)n3)ccc2N1. The van der Waals surface area contributed by atoms with Crippen LogP contribution in [0.3, 0.4) is 0 Å². The van der Waals surface area contributed by atoms with Gasteiger partial charge >= 0.3 is 5.97 Å². The van der Waals surface area contributed by atoms with Crippen molar-refractivity contribution in [2.24, 2.45) is 0 Å². The fraction of sp³-hybridized carbons (Fsp3) is 0.350. The number of amides is 2. The van der Waals surface area contributed by atoms with Gasteiger partial charge < -0.3 is 10.1 Å². The summed E-state index contributed by atoms with van der Waals surface area (Å²) in [5.41, 5.74) is 2.57. The van der Waals surface area contributed by atoms with E-state index in [0.717, 1.165) is 12.0 Å². The molecular weight excluding hydrogens is 394 g/mol. The molecule has 1 saturated heterocycles. The molecule has 1 fully saturated rings. The Morgan fingerprint density at radius 1 is 1.21 bits per heavy atom. The topological polar surface area (TPSA) is 106 Å². The highest BCUT2D eigenvalue weighted by Crippen LogP contribution is 2.26. The van der Waals surface area contributed by atoms with E-state index in [1.165, 1.54) is 11.3 Å². The third-order valence-corrected chi connectivity index (χ3v) is 5.77. The molecule has 1 aromatic heterocycles. The van der Waals surface area contributed by atoms with E-state index in [1.807, 2.05) is 0 Å². The zero-order valence-electron chi connectivity index (χ0n) is 15.6. The number of ether oxygens (including phenoxy) is 1. The number of thiazole rings is 1. The minimum atomic E-state index is -0.548. The number of hydrogen-bond acceptors (Lipinski definition) is 7. The van der Waals surface area contributed by atoms with Crippen molar-refractivity contribution in [2.75, 3.05) is 23.4 Å². The number of fused-ring (bicyclic) bond motifs is 1. The monoisotopic (exact) mass is 413 g/mol. The highest BCUT2D eigenvalue weighted by molar-refractivity contribution is 7.14. The number of nitrogens with one attached hydrogen (secondary N) is 1. The average molecular weight is 413 g/mol. The molecule has 2 amide bonds. The van der Waals surface area contributed by atoms with E-state index in [2.05, 4.69) is 10.3 Å². The second kappa shape index (κ2) is 8.12. The lowest BCUT2D eigenvalue weighted by Gasteiger charge is -2.17. The van der Waals surface area contributed by atoms with Crippen LogP contribution in [0, 0.1) is 0 Å². The van der Waals surface area contributed by atoms with Crippen LogP contribution >= 0.6 is 11.3 Å². The number of ketones is 1. The molecule has 0 unspecified atom stereocenters. The first-order valence-electron chi connectivity index (χ1n) is 9.36. The quantitative estimate of drug-likeness (QED) is 0.574. The number of Topliss-reactive ketones (excluding diaryl/α,β-unsaturated/α-hetero) is 1. The number of nitrogens with zero attached hydrogens (tertiary/aromatic N) is 2. The molecule has 2 aliphatic heterocycles. The van der Waals surface area contributed by atoms with Crippen molar-refractivity contribution in [3.8, 4) is 0 Å². The van der Waals surface area contributed by atoms with Crippen LogP contribution in [-0.4, -0.2) is 41.7 Å². The number of esters is 1. The van der Waals surface area contributed by atoms with Crippen molar-refractivity contribution in [3.63, 3.8) is 0 Å². The summed E-state index contributed by atoms with van der Waals surface area (Å²) < 4.78 is 5.11. The van der Waals surface area contributed by atoms with E-state index < -0.39 is 5.97 Å². The fourth-order valence-electron chi connectivity index (χ4n) is 3.34. The number of rotatable bonds is 6. The van der Waals surface area contributed by atoms with Crippen LogP contribution in [0.1, 0.15) is 40.9 Å². The molecule has 4 rings (SSSR count). The Balaban J connectivity index is 1.31. The number of carbonyl (C=O) groups excluding carboxylic acids is 4. The maximum absolute atomic E-state index is 12.3. The van der Waals surface area contributed by atoms with Gasteiger partial charge in [0.05, 0.1) is 12.1 Å². The van der Waals surface area contributed by atoms with Crippen LogP contribution in [0.15, 0.2) is 23.6 Å². The molecule has 0 bridgehead atoms. The minimum Gasteiger partial charge on any atom is -0.457 e. The molecule has 0 aliphatic carbocycles. The van der Waals surface area contributed by atoms with Gasteiger partial charge in [0.15, 0.2) is 17.5 Å². The third-order valence-electron chi connectivity index (χ3n) is 4.86. The van der Waals surface area contributed by atoms with Crippen LogP contribution in [0.4, 0.5) is 10.8 Å². The Hall–Kier alpha value is -3.07. The van der Waals surface area contributed by atoms with Gasteiger partial charge in [0.25, 0.3) is 0 Å². The number of benzene rings is 1. The van der Waals surface area contributed by atoms with E-state index in [-0.39, 0.29) is 30.6 Å². The number of aromatic nitrogens is 1. The molecule has 2 aliphatic rings. The molecule has 0 atom stereocenters. The molecule has 8 nitrogen and oxygen atoms in total. The Bertz CT molecular complexity index is 1000. The first kappa shape index (κ1) is 19.3. The largest absolute Gasteiger partial charge is 0.457 e. The molecule has 150 valence electrons. The van der Waals surface area contributed by atoms with Crippen LogP contribution in [0.5, 0.6) is 0 Å². The van der Waals surface area contributed by atoms with Crippen LogP contribution in [0.25, 0.3) is 0 Å². The molecule has 2 aromatic rings.